The van der Waals surface area contributed by atoms with Gasteiger partial charge in [0.05, 0.1) is 26.4 Å². The number of hydrogen-bond donors (Lipinski definition) is 6. The molecule has 3 aromatic carbocycles. The van der Waals surface area contributed by atoms with E-state index < -0.39 is 23.5 Å². The van der Waals surface area contributed by atoms with Gasteiger partial charge in [0, 0.05) is 45.6 Å². The predicted molar refractivity (Wildman–Crippen MR) is 205 cm³/mol. The van der Waals surface area contributed by atoms with Crippen LogP contribution in [0, 0.1) is 5.92 Å². The highest BCUT2D eigenvalue weighted by Gasteiger charge is 2.59. The Kier molecular flexibility index (Phi) is 10.3. The van der Waals surface area contributed by atoms with Crippen LogP contribution in [0.15, 0.2) is 30.3 Å². The molecule has 0 radical (unpaired) electrons. The summed E-state index contributed by atoms with van der Waals surface area (Å²) >= 11 is 0. The van der Waals surface area contributed by atoms with Crippen molar-refractivity contribution in [3.05, 3.63) is 52.6 Å². The number of benzene rings is 3. The monoisotopic (exact) mass is 766 g/mol. The number of fused-ring (bicyclic) bond motifs is 5. The Morgan fingerprint density at radius 3 is 2.49 bits per heavy atom. The molecule has 2 heterocycles. The van der Waals surface area contributed by atoms with Crippen molar-refractivity contribution in [1.82, 2.24) is 0 Å². The van der Waals surface area contributed by atoms with Crippen molar-refractivity contribution >= 4 is 21.6 Å². The quantitative estimate of drug-likeness (QED) is 0.126. The van der Waals surface area contributed by atoms with Crippen LogP contribution in [0.4, 0.5) is 0 Å². The highest BCUT2D eigenvalue weighted by atomic mass is 33.1. The van der Waals surface area contributed by atoms with E-state index in [2.05, 4.69) is 6.92 Å². The Balaban J connectivity index is 1.38. The molecule has 7 atom stereocenters. The van der Waals surface area contributed by atoms with E-state index in [1.807, 2.05) is 22.9 Å². The van der Waals surface area contributed by atoms with Crippen molar-refractivity contribution in [3.8, 4) is 51.4 Å². The van der Waals surface area contributed by atoms with E-state index in [4.69, 9.17) is 18.9 Å². The lowest BCUT2D eigenvalue weighted by atomic mass is 9.62. The Hall–Kier alpha value is -3.16. The van der Waals surface area contributed by atoms with Crippen LogP contribution in [0.5, 0.6) is 40.2 Å². The summed E-state index contributed by atoms with van der Waals surface area (Å²) in [5.41, 5.74) is 3.12. The first kappa shape index (κ1) is 36.8. The second-order valence-electron chi connectivity index (χ2n) is 15.4. The van der Waals surface area contributed by atoms with E-state index in [0.717, 1.165) is 78.5 Å². The van der Waals surface area contributed by atoms with Crippen LogP contribution < -0.4 is 18.9 Å². The van der Waals surface area contributed by atoms with E-state index in [1.165, 1.54) is 7.11 Å². The number of aliphatic hydroxyl groups is 3. The Bertz CT molecular complexity index is 1850. The normalized spacial score (nSPS) is 29.3. The second-order valence-corrected chi connectivity index (χ2v) is 18.1. The van der Waals surface area contributed by atoms with Gasteiger partial charge in [-0.15, -0.1) is 0 Å². The van der Waals surface area contributed by atoms with Crippen LogP contribution in [0.3, 0.4) is 0 Å². The number of rotatable bonds is 8. The summed E-state index contributed by atoms with van der Waals surface area (Å²) < 4.78 is 25.3. The van der Waals surface area contributed by atoms with Crippen LogP contribution in [0.2, 0.25) is 0 Å². The molecule has 0 aromatic heterocycles. The molecule has 8 rings (SSSR count). The minimum Gasteiger partial charge on any atom is -0.508 e. The molecule has 0 unspecified atom stereocenters. The van der Waals surface area contributed by atoms with Gasteiger partial charge in [0.1, 0.15) is 30.0 Å². The van der Waals surface area contributed by atoms with E-state index in [9.17, 15) is 30.6 Å². The summed E-state index contributed by atoms with van der Waals surface area (Å²) in [5.74, 6) is 0.939. The summed E-state index contributed by atoms with van der Waals surface area (Å²) in [6, 6.07) is 8.82. The van der Waals surface area contributed by atoms with E-state index in [1.54, 1.807) is 29.0 Å². The third kappa shape index (κ3) is 6.16. The number of aromatic hydroxyl groups is 3. The molecule has 2 aliphatic heterocycles. The van der Waals surface area contributed by atoms with Gasteiger partial charge in [0.25, 0.3) is 0 Å². The molecule has 12 heteroatoms. The fourth-order valence-corrected chi connectivity index (χ4v) is 12.9. The first-order valence-corrected chi connectivity index (χ1v) is 21.4. The van der Waals surface area contributed by atoms with Gasteiger partial charge in [-0.2, -0.15) is 0 Å². The highest BCUT2D eigenvalue weighted by molar-refractivity contribution is 8.76. The maximum Gasteiger partial charge on any atom is 0.207 e. The average Bonchev–Trinajstić information content (AvgIpc) is 3.66. The maximum atomic E-state index is 12.9. The lowest BCUT2D eigenvalue weighted by Gasteiger charge is -2.54. The number of phenolic OH excluding ortho intramolecular Hbond substituents is 3. The third-order valence-electron chi connectivity index (χ3n) is 12.4. The van der Waals surface area contributed by atoms with Gasteiger partial charge in [-0.05, 0) is 98.1 Å². The predicted octanol–water partition coefficient (Wildman–Crippen LogP) is 7.44. The fourth-order valence-electron chi connectivity index (χ4n) is 9.79. The van der Waals surface area contributed by atoms with E-state index in [0.29, 0.717) is 30.3 Å². The maximum absolute atomic E-state index is 12.9. The van der Waals surface area contributed by atoms with Crippen LogP contribution in [-0.4, -0.2) is 80.8 Å². The lowest BCUT2D eigenvalue weighted by molar-refractivity contribution is -0.112. The summed E-state index contributed by atoms with van der Waals surface area (Å²) in [6.45, 7) is 1.91. The molecule has 286 valence electrons. The van der Waals surface area contributed by atoms with Crippen molar-refractivity contribution in [2.45, 2.75) is 106 Å². The van der Waals surface area contributed by atoms with Crippen molar-refractivity contribution in [3.63, 3.8) is 0 Å². The van der Waals surface area contributed by atoms with Crippen LogP contribution in [-0.2, 0) is 5.60 Å². The SMILES string of the molecule is COc1c(O)c(OC2CCCC2)cc([C@@]23CC[C@@H]4SSCC[C@H](C)CC[C@@H]5c6cc(O)ccc6-c6c(OCCO)cc(c(c6[C@H]5CO)[C@@H]4[C@H]2O)O3)c1O. The summed E-state index contributed by atoms with van der Waals surface area (Å²) in [6.07, 6.45) is 6.32. The van der Waals surface area contributed by atoms with E-state index in [-0.39, 0.29) is 71.4 Å². The molecule has 4 bridgehead atoms. The van der Waals surface area contributed by atoms with Gasteiger partial charge in [-0.3, -0.25) is 0 Å². The van der Waals surface area contributed by atoms with Crippen LogP contribution in [0.25, 0.3) is 11.1 Å². The molecule has 0 amide bonds. The highest BCUT2D eigenvalue weighted by Crippen LogP contribution is 2.65. The molecule has 6 N–H and O–H groups in total. The Morgan fingerprint density at radius 1 is 0.925 bits per heavy atom. The molecule has 2 fully saturated rings. The fraction of sp³-hybridized carbons (Fsp3) is 0.561. The summed E-state index contributed by atoms with van der Waals surface area (Å²) in [5, 5.41) is 68.0. The van der Waals surface area contributed by atoms with Crippen molar-refractivity contribution in [1.29, 1.82) is 0 Å². The molecular formula is C41H50O10S2. The minimum absolute atomic E-state index is 0.0213. The number of phenols is 3. The molecule has 53 heavy (non-hydrogen) atoms. The zero-order valence-electron chi connectivity index (χ0n) is 30.3. The zero-order chi connectivity index (χ0) is 37.0. The molecule has 3 aromatic rings. The summed E-state index contributed by atoms with van der Waals surface area (Å²) in [4.78, 5) is 0. The van der Waals surface area contributed by atoms with Gasteiger partial charge in [-0.1, -0.05) is 41.0 Å². The average molecular weight is 767 g/mol. The second kappa shape index (κ2) is 14.8. The number of ether oxygens (including phenoxy) is 4. The van der Waals surface area contributed by atoms with Crippen LogP contribution >= 0.6 is 21.6 Å². The molecule has 2 saturated carbocycles. The molecule has 3 aliphatic carbocycles. The first-order chi connectivity index (χ1) is 25.7. The molecular weight excluding hydrogens is 717 g/mol. The van der Waals surface area contributed by atoms with Crippen molar-refractivity contribution in [2.24, 2.45) is 5.92 Å². The van der Waals surface area contributed by atoms with Crippen LogP contribution in [0.1, 0.15) is 105 Å². The van der Waals surface area contributed by atoms with Gasteiger partial charge >= 0.3 is 0 Å². The Morgan fingerprint density at radius 2 is 1.74 bits per heavy atom. The van der Waals surface area contributed by atoms with Gasteiger partial charge < -0.3 is 49.6 Å². The number of methoxy groups -OCH3 is 1. The number of hydrogen-bond acceptors (Lipinski definition) is 12. The smallest absolute Gasteiger partial charge is 0.207 e. The van der Waals surface area contributed by atoms with Crippen molar-refractivity contribution in [2.75, 3.05) is 32.7 Å². The van der Waals surface area contributed by atoms with Gasteiger partial charge in [0.2, 0.25) is 11.5 Å². The molecule has 5 aliphatic rings. The molecule has 0 saturated heterocycles. The third-order valence-corrected chi connectivity index (χ3v) is 15.4. The minimum atomic E-state index is -1.45. The largest absolute Gasteiger partial charge is 0.508 e. The Labute approximate surface area is 318 Å². The standard InChI is InChI=1S/C41H50O10S2/c1-21-7-9-24-26-17-22(44)8-10-25(26)33-29(49-15-14-42)19-30-35(34(33)27(24)20-43)36-32(53-52-16-12-21)11-13-41(51-30,40(36)47)28-18-31(50-23-5-3-4-6-23)38(46)39(48-2)37(28)45/h8,10,17-19,21,23-24,27,32,36,40,42-47H,3-7,9,11-16,20H2,1-2H3/t21-,24-,27+,32+,36-,40-,41+/m1/s1. The zero-order valence-corrected chi connectivity index (χ0v) is 31.9. The van der Waals surface area contributed by atoms with Gasteiger partial charge in [-0.25, -0.2) is 0 Å². The van der Waals surface area contributed by atoms with Crippen molar-refractivity contribution < 1.29 is 49.6 Å². The molecule has 0 spiro atoms. The van der Waals surface area contributed by atoms with Gasteiger partial charge in [0.15, 0.2) is 17.1 Å². The lowest BCUT2D eigenvalue weighted by Crippen LogP contribution is -2.57. The summed E-state index contributed by atoms with van der Waals surface area (Å²) in [7, 11) is 4.99. The first-order valence-electron chi connectivity index (χ1n) is 19.0. The van der Waals surface area contributed by atoms with E-state index >= 15 is 0 Å². The topological polar surface area (TPSA) is 158 Å². The molecule has 10 nitrogen and oxygen atoms in total. The number of aliphatic hydroxyl groups excluding tert-OH is 3.